The molecule has 0 aromatic carbocycles. The predicted octanol–water partition coefficient (Wildman–Crippen LogP) is -1.72. The van der Waals surface area contributed by atoms with Crippen LogP contribution in [-0.2, 0) is 25.8 Å². The fraction of sp³-hybridized carbons (Fsp3) is 0.545. The van der Waals surface area contributed by atoms with Crippen LogP contribution < -0.4 is 11.1 Å². The lowest BCUT2D eigenvalue weighted by molar-refractivity contribution is -0.142. The Kier molecular flexibility index (Phi) is 5.85. The van der Waals surface area contributed by atoms with Crippen LogP contribution in [0, 0.1) is 0 Å². The zero-order valence-electron chi connectivity index (χ0n) is 11.4. The van der Waals surface area contributed by atoms with Gasteiger partial charge in [0.15, 0.2) is 0 Å². The Balaban J connectivity index is 2.58. The standard InChI is InChI=1S/C11H18N4O5S/c1-21(19,20)3-2-8(12)10(16)15-9(11(17)18)4-7-5-13-6-14-7/h5-6,8-9H,2-4,12H2,1H3,(H,13,14)(H,15,16)(H,17,18). The van der Waals surface area contributed by atoms with E-state index in [4.69, 9.17) is 10.8 Å². The third-order valence-electron chi connectivity index (χ3n) is 2.73. The predicted molar refractivity (Wildman–Crippen MR) is 74.2 cm³/mol. The smallest absolute Gasteiger partial charge is 0.326 e. The number of carboxylic acids is 1. The summed E-state index contributed by atoms with van der Waals surface area (Å²) in [4.78, 5) is 29.4. The van der Waals surface area contributed by atoms with Crippen LogP contribution in [0.2, 0.25) is 0 Å². The lowest BCUT2D eigenvalue weighted by Crippen LogP contribution is -2.49. The molecule has 1 amide bonds. The number of carbonyl (C=O) groups excluding carboxylic acids is 1. The van der Waals surface area contributed by atoms with Gasteiger partial charge >= 0.3 is 5.97 Å². The summed E-state index contributed by atoms with van der Waals surface area (Å²) in [5.41, 5.74) is 6.11. The molecule has 1 heterocycles. The summed E-state index contributed by atoms with van der Waals surface area (Å²) in [6.07, 6.45) is 3.84. The molecule has 118 valence electrons. The van der Waals surface area contributed by atoms with Gasteiger partial charge in [-0.05, 0) is 6.42 Å². The number of carboxylic acid groups (broad SMARTS) is 1. The minimum Gasteiger partial charge on any atom is -0.480 e. The quantitative estimate of drug-likeness (QED) is 0.444. The van der Waals surface area contributed by atoms with E-state index < -0.39 is 33.8 Å². The first kappa shape index (κ1) is 17.1. The van der Waals surface area contributed by atoms with E-state index in [2.05, 4.69) is 15.3 Å². The van der Waals surface area contributed by atoms with Crippen LogP contribution in [0.1, 0.15) is 12.1 Å². The molecule has 0 aliphatic heterocycles. The summed E-state index contributed by atoms with van der Waals surface area (Å²) in [6, 6.07) is -2.24. The number of nitrogens with zero attached hydrogens (tertiary/aromatic N) is 1. The van der Waals surface area contributed by atoms with Crippen molar-refractivity contribution in [3.63, 3.8) is 0 Å². The highest BCUT2D eigenvalue weighted by molar-refractivity contribution is 7.90. The second kappa shape index (κ2) is 7.18. The molecule has 5 N–H and O–H groups in total. The van der Waals surface area contributed by atoms with Crippen LogP contribution in [0.3, 0.4) is 0 Å². The second-order valence-electron chi connectivity index (χ2n) is 4.71. The van der Waals surface area contributed by atoms with E-state index in [1.54, 1.807) is 0 Å². The van der Waals surface area contributed by atoms with Gasteiger partial charge in [-0.2, -0.15) is 0 Å². The lowest BCUT2D eigenvalue weighted by Gasteiger charge is -2.17. The van der Waals surface area contributed by atoms with Crippen LogP contribution in [-0.4, -0.2) is 59.5 Å². The third kappa shape index (κ3) is 6.36. The molecular weight excluding hydrogens is 300 g/mol. The summed E-state index contributed by atoms with van der Waals surface area (Å²) < 4.78 is 22.0. The number of aromatic nitrogens is 2. The number of hydrogen-bond donors (Lipinski definition) is 4. The SMILES string of the molecule is CS(=O)(=O)CCC(N)C(=O)NC(Cc1cnc[nH]1)C(=O)O. The molecule has 1 rings (SSSR count). The molecule has 0 saturated heterocycles. The minimum absolute atomic E-state index is 0.0276. The van der Waals surface area contributed by atoms with Crippen molar-refractivity contribution in [3.8, 4) is 0 Å². The number of carbonyl (C=O) groups is 2. The Bertz CT molecular complexity index is 584. The van der Waals surface area contributed by atoms with Gasteiger partial charge in [-0.15, -0.1) is 0 Å². The molecule has 2 atom stereocenters. The number of H-pyrrole nitrogens is 1. The number of nitrogens with one attached hydrogen (secondary N) is 2. The molecule has 0 saturated carbocycles. The van der Waals surface area contributed by atoms with Crippen LogP contribution in [0.5, 0.6) is 0 Å². The molecule has 0 fully saturated rings. The second-order valence-corrected chi connectivity index (χ2v) is 6.97. The Labute approximate surface area is 121 Å². The Morgan fingerprint density at radius 3 is 2.67 bits per heavy atom. The maximum atomic E-state index is 11.8. The van der Waals surface area contributed by atoms with Crippen molar-refractivity contribution in [1.29, 1.82) is 0 Å². The fourth-order valence-electron chi connectivity index (χ4n) is 1.57. The molecule has 1 aromatic heterocycles. The number of imidazole rings is 1. The molecular formula is C11H18N4O5S. The van der Waals surface area contributed by atoms with Crippen LogP contribution in [0.15, 0.2) is 12.5 Å². The van der Waals surface area contributed by atoms with Crippen molar-refractivity contribution in [3.05, 3.63) is 18.2 Å². The number of sulfone groups is 1. The van der Waals surface area contributed by atoms with Crippen LogP contribution in [0.4, 0.5) is 0 Å². The summed E-state index contributed by atoms with van der Waals surface area (Å²) in [6.45, 7) is 0. The number of rotatable bonds is 8. The fourth-order valence-corrected chi connectivity index (χ4v) is 2.25. The summed E-state index contributed by atoms with van der Waals surface area (Å²) >= 11 is 0. The highest BCUT2D eigenvalue weighted by Gasteiger charge is 2.24. The van der Waals surface area contributed by atoms with Crippen LogP contribution >= 0.6 is 0 Å². The first-order valence-corrected chi connectivity index (χ1v) is 8.19. The highest BCUT2D eigenvalue weighted by atomic mass is 32.2. The molecule has 0 aliphatic rings. The first-order chi connectivity index (χ1) is 9.69. The normalized spacial score (nSPS) is 14.4. The van der Waals surface area contributed by atoms with E-state index in [0.717, 1.165) is 6.26 Å². The number of hydrogen-bond acceptors (Lipinski definition) is 6. The summed E-state index contributed by atoms with van der Waals surface area (Å²) in [7, 11) is -3.23. The van der Waals surface area contributed by atoms with Crippen molar-refractivity contribution in [1.82, 2.24) is 15.3 Å². The largest absolute Gasteiger partial charge is 0.480 e. The Morgan fingerprint density at radius 2 is 2.19 bits per heavy atom. The van der Waals surface area contributed by atoms with Crippen molar-refractivity contribution in [2.24, 2.45) is 5.73 Å². The number of nitrogens with two attached hydrogens (primary N) is 1. The zero-order valence-corrected chi connectivity index (χ0v) is 12.3. The van der Waals surface area contributed by atoms with E-state index in [1.807, 2.05) is 0 Å². The van der Waals surface area contributed by atoms with E-state index in [0.29, 0.717) is 5.69 Å². The lowest BCUT2D eigenvalue weighted by atomic mass is 10.1. The molecule has 0 bridgehead atoms. The van der Waals surface area contributed by atoms with E-state index in [9.17, 15) is 18.0 Å². The van der Waals surface area contributed by atoms with Gasteiger partial charge in [-0.3, -0.25) is 4.79 Å². The Morgan fingerprint density at radius 1 is 1.52 bits per heavy atom. The van der Waals surface area contributed by atoms with Crippen molar-refractivity contribution in [2.75, 3.05) is 12.0 Å². The summed E-state index contributed by atoms with van der Waals surface area (Å²) in [5, 5.41) is 11.4. The molecule has 10 heteroatoms. The van der Waals surface area contributed by atoms with Gasteiger partial charge in [-0.1, -0.05) is 0 Å². The average molecular weight is 318 g/mol. The minimum atomic E-state index is -3.23. The van der Waals surface area contributed by atoms with E-state index in [-0.39, 0.29) is 18.6 Å². The molecule has 0 aliphatic carbocycles. The number of aliphatic carboxylic acids is 1. The maximum absolute atomic E-state index is 11.8. The zero-order chi connectivity index (χ0) is 16.0. The molecule has 1 aromatic rings. The van der Waals surface area contributed by atoms with Crippen molar-refractivity contribution in [2.45, 2.75) is 24.9 Å². The monoisotopic (exact) mass is 318 g/mol. The number of aromatic amines is 1. The highest BCUT2D eigenvalue weighted by Crippen LogP contribution is 2.01. The topological polar surface area (TPSA) is 155 Å². The molecule has 9 nitrogen and oxygen atoms in total. The van der Waals surface area contributed by atoms with Crippen LogP contribution in [0.25, 0.3) is 0 Å². The molecule has 0 spiro atoms. The molecule has 0 radical (unpaired) electrons. The number of amides is 1. The summed E-state index contributed by atoms with van der Waals surface area (Å²) in [5.74, 6) is -2.15. The van der Waals surface area contributed by atoms with Gasteiger partial charge in [0.1, 0.15) is 15.9 Å². The molecule has 21 heavy (non-hydrogen) atoms. The van der Waals surface area contributed by atoms with Gasteiger partial charge in [0.25, 0.3) is 0 Å². The van der Waals surface area contributed by atoms with Crippen molar-refractivity contribution >= 4 is 21.7 Å². The van der Waals surface area contributed by atoms with Crippen molar-refractivity contribution < 1.29 is 23.1 Å². The van der Waals surface area contributed by atoms with E-state index in [1.165, 1.54) is 12.5 Å². The Hall–Kier alpha value is -1.94. The first-order valence-electron chi connectivity index (χ1n) is 6.13. The average Bonchev–Trinajstić information content (AvgIpc) is 2.86. The molecule has 2 unspecified atom stereocenters. The maximum Gasteiger partial charge on any atom is 0.326 e. The van der Waals surface area contributed by atoms with Gasteiger partial charge in [0.05, 0.1) is 18.1 Å². The van der Waals surface area contributed by atoms with Gasteiger partial charge in [-0.25, -0.2) is 18.2 Å². The van der Waals surface area contributed by atoms with Gasteiger partial charge in [0.2, 0.25) is 5.91 Å². The third-order valence-corrected chi connectivity index (χ3v) is 3.71. The van der Waals surface area contributed by atoms with Gasteiger partial charge < -0.3 is 21.1 Å². The van der Waals surface area contributed by atoms with E-state index >= 15 is 0 Å². The van der Waals surface area contributed by atoms with Gasteiger partial charge in [0, 0.05) is 24.6 Å².